The Kier molecular flexibility index (Phi) is 5.81. The van der Waals surface area contributed by atoms with Crippen molar-refractivity contribution in [3.63, 3.8) is 0 Å². The van der Waals surface area contributed by atoms with Gasteiger partial charge in [0.1, 0.15) is 6.61 Å². The summed E-state index contributed by atoms with van der Waals surface area (Å²) in [6, 6.07) is 12.6. The third kappa shape index (κ3) is 4.56. The van der Waals surface area contributed by atoms with Gasteiger partial charge >= 0.3 is 6.09 Å². The van der Waals surface area contributed by atoms with Crippen LogP contribution < -0.4 is 10.2 Å². The summed E-state index contributed by atoms with van der Waals surface area (Å²) in [5, 5.41) is 3.71. The molecular formula is C19H16Cl2N2O3. The molecule has 1 fully saturated rings. The van der Waals surface area contributed by atoms with Gasteiger partial charge in [0, 0.05) is 18.3 Å². The van der Waals surface area contributed by atoms with Crippen LogP contribution in [0.15, 0.2) is 48.5 Å². The number of nitrogens with one attached hydrogen (secondary N) is 1. The van der Waals surface area contributed by atoms with Crippen LogP contribution in [0, 0.1) is 0 Å². The van der Waals surface area contributed by atoms with E-state index in [9.17, 15) is 9.59 Å². The van der Waals surface area contributed by atoms with Crippen LogP contribution in [0.5, 0.6) is 0 Å². The molecule has 0 spiro atoms. The van der Waals surface area contributed by atoms with Crippen molar-refractivity contribution in [3.8, 4) is 0 Å². The third-order valence-corrected chi connectivity index (χ3v) is 4.56. The smallest absolute Gasteiger partial charge is 0.414 e. The number of benzene rings is 2. The number of ether oxygens (including phenoxy) is 1. The summed E-state index contributed by atoms with van der Waals surface area (Å²) in [5.74, 6) is -0.234. The van der Waals surface area contributed by atoms with E-state index >= 15 is 0 Å². The molecule has 0 radical (unpaired) electrons. The maximum Gasteiger partial charge on any atom is 0.414 e. The fourth-order valence-electron chi connectivity index (χ4n) is 2.50. The van der Waals surface area contributed by atoms with Crippen molar-refractivity contribution in [2.24, 2.45) is 0 Å². The quantitative estimate of drug-likeness (QED) is 0.775. The minimum absolute atomic E-state index is 0.234. The zero-order chi connectivity index (χ0) is 18.5. The van der Waals surface area contributed by atoms with Crippen molar-refractivity contribution < 1.29 is 14.3 Å². The SMILES string of the molecule is O=C(C=Cc1ccc(Cl)c(Cl)c1)NCc1cccc(N2CCOC2=O)c1. The summed E-state index contributed by atoms with van der Waals surface area (Å²) in [6.07, 6.45) is 2.74. The van der Waals surface area contributed by atoms with E-state index in [1.807, 2.05) is 24.3 Å². The second kappa shape index (κ2) is 8.25. The molecule has 26 heavy (non-hydrogen) atoms. The Morgan fingerprint density at radius 3 is 2.77 bits per heavy atom. The first-order valence-electron chi connectivity index (χ1n) is 7.97. The fourth-order valence-corrected chi connectivity index (χ4v) is 2.80. The number of amides is 2. The van der Waals surface area contributed by atoms with Gasteiger partial charge in [-0.1, -0.05) is 41.4 Å². The van der Waals surface area contributed by atoms with Gasteiger partial charge in [0.15, 0.2) is 0 Å². The van der Waals surface area contributed by atoms with Crippen LogP contribution in [0.2, 0.25) is 10.0 Å². The second-order valence-electron chi connectivity index (χ2n) is 5.66. The van der Waals surface area contributed by atoms with Crippen LogP contribution in [0.3, 0.4) is 0 Å². The summed E-state index contributed by atoms with van der Waals surface area (Å²) in [5.41, 5.74) is 2.42. The molecule has 1 aliphatic rings. The Labute approximate surface area is 161 Å². The Morgan fingerprint density at radius 2 is 2.04 bits per heavy atom. The van der Waals surface area contributed by atoms with Gasteiger partial charge in [-0.2, -0.15) is 0 Å². The zero-order valence-corrected chi connectivity index (χ0v) is 15.3. The number of halogens is 2. The van der Waals surface area contributed by atoms with E-state index in [4.69, 9.17) is 27.9 Å². The van der Waals surface area contributed by atoms with E-state index in [1.54, 1.807) is 29.2 Å². The van der Waals surface area contributed by atoms with E-state index < -0.39 is 0 Å². The average molecular weight is 391 g/mol. The molecule has 7 heteroatoms. The van der Waals surface area contributed by atoms with Crippen molar-refractivity contribution in [1.29, 1.82) is 0 Å². The van der Waals surface area contributed by atoms with Crippen LogP contribution in [0.4, 0.5) is 10.5 Å². The Balaban J connectivity index is 1.58. The van der Waals surface area contributed by atoms with Gasteiger partial charge in [-0.3, -0.25) is 9.69 Å². The highest BCUT2D eigenvalue weighted by molar-refractivity contribution is 6.42. The van der Waals surface area contributed by atoms with Gasteiger partial charge in [-0.05, 0) is 41.5 Å². The largest absolute Gasteiger partial charge is 0.447 e. The average Bonchev–Trinajstić information content (AvgIpc) is 3.07. The molecule has 0 bridgehead atoms. The zero-order valence-electron chi connectivity index (χ0n) is 13.7. The van der Waals surface area contributed by atoms with E-state index in [-0.39, 0.29) is 12.0 Å². The number of carbonyl (C=O) groups excluding carboxylic acids is 2. The molecule has 2 aromatic carbocycles. The lowest BCUT2D eigenvalue weighted by Gasteiger charge is -2.13. The van der Waals surface area contributed by atoms with Crippen LogP contribution in [-0.2, 0) is 16.1 Å². The van der Waals surface area contributed by atoms with Crippen molar-refractivity contribution in [3.05, 3.63) is 69.7 Å². The lowest BCUT2D eigenvalue weighted by molar-refractivity contribution is -0.116. The summed E-state index contributed by atoms with van der Waals surface area (Å²) in [7, 11) is 0. The molecule has 134 valence electrons. The first-order chi connectivity index (χ1) is 12.5. The van der Waals surface area contributed by atoms with Crippen LogP contribution in [-0.4, -0.2) is 25.2 Å². The van der Waals surface area contributed by atoms with Gasteiger partial charge in [0.2, 0.25) is 5.91 Å². The molecule has 2 aromatic rings. The minimum Gasteiger partial charge on any atom is -0.447 e. The van der Waals surface area contributed by atoms with Crippen LogP contribution >= 0.6 is 23.2 Å². The van der Waals surface area contributed by atoms with Crippen molar-refractivity contribution >= 4 is 47.0 Å². The summed E-state index contributed by atoms with van der Waals surface area (Å²) in [4.78, 5) is 25.2. The molecule has 1 saturated heterocycles. The number of cyclic esters (lactones) is 1. The normalized spacial score (nSPS) is 13.9. The maximum absolute atomic E-state index is 12.0. The van der Waals surface area contributed by atoms with Gasteiger partial charge in [-0.25, -0.2) is 4.79 Å². The highest BCUT2D eigenvalue weighted by Gasteiger charge is 2.23. The lowest BCUT2D eigenvalue weighted by atomic mass is 10.2. The van der Waals surface area contributed by atoms with Crippen molar-refractivity contribution in [1.82, 2.24) is 5.32 Å². The van der Waals surface area contributed by atoms with Gasteiger partial charge in [0.05, 0.1) is 16.6 Å². The summed E-state index contributed by atoms with van der Waals surface area (Å²) >= 11 is 11.8. The second-order valence-corrected chi connectivity index (χ2v) is 6.47. The highest BCUT2D eigenvalue weighted by atomic mass is 35.5. The maximum atomic E-state index is 12.0. The molecule has 2 amide bonds. The molecule has 0 aromatic heterocycles. The Bertz CT molecular complexity index is 868. The molecule has 1 N–H and O–H groups in total. The molecule has 0 saturated carbocycles. The molecular weight excluding hydrogens is 375 g/mol. The third-order valence-electron chi connectivity index (χ3n) is 3.82. The highest BCUT2D eigenvalue weighted by Crippen LogP contribution is 2.23. The van der Waals surface area contributed by atoms with E-state index in [2.05, 4.69) is 5.32 Å². The van der Waals surface area contributed by atoms with E-state index in [0.717, 1.165) is 16.8 Å². The fraction of sp³-hybridized carbons (Fsp3) is 0.158. The Morgan fingerprint density at radius 1 is 1.19 bits per heavy atom. The predicted octanol–water partition coefficient (Wildman–Crippen LogP) is 4.28. The number of anilines is 1. The standard InChI is InChI=1S/C19H16Cl2N2O3/c20-16-6-4-13(11-17(16)21)5-7-18(24)22-12-14-2-1-3-15(10-14)23-8-9-26-19(23)25/h1-7,10-11H,8-9,12H2,(H,22,24). The van der Waals surface area contributed by atoms with Gasteiger partial charge in [0.25, 0.3) is 0 Å². The molecule has 5 nitrogen and oxygen atoms in total. The van der Waals surface area contributed by atoms with Crippen LogP contribution in [0.25, 0.3) is 6.08 Å². The van der Waals surface area contributed by atoms with Crippen molar-refractivity contribution in [2.75, 3.05) is 18.1 Å². The monoisotopic (exact) mass is 390 g/mol. The first-order valence-corrected chi connectivity index (χ1v) is 8.73. The van der Waals surface area contributed by atoms with E-state index in [1.165, 1.54) is 6.08 Å². The molecule has 1 heterocycles. The molecule has 0 atom stereocenters. The topological polar surface area (TPSA) is 58.6 Å². The Hall–Kier alpha value is -2.50. The molecule has 0 unspecified atom stereocenters. The summed E-state index contributed by atoms with van der Waals surface area (Å²) in [6.45, 7) is 1.27. The number of carbonyl (C=O) groups is 2. The number of rotatable bonds is 5. The molecule has 0 aliphatic carbocycles. The number of hydrogen-bond acceptors (Lipinski definition) is 3. The first kappa shape index (κ1) is 18.3. The molecule has 1 aliphatic heterocycles. The lowest BCUT2D eigenvalue weighted by Crippen LogP contribution is -2.24. The van der Waals surface area contributed by atoms with Gasteiger partial charge < -0.3 is 10.1 Å². The predicted molar refractivity (Wildman–Crippen MR) is 102 cm³/mol. The van der Waals surface area contributed by atoms with Gasteiger partial charge in [-0.15, -0.1) is 0 Å². The molecule has 3 rings (SSSR count). The number of hydrogen-bond donors (Lipinski definition) is 1. The minimum atomic E-state index is -0.351. The van der Waals surface area contributed by atoms with E-state index in [0.29, 0.717) is 29.7 Å². The van der Waals surface area contributed by atoms with Crippen molar-refractivity contribution in [2.45, 2.75) is 6.54 Å². The summed E-state index contributed by atoms with van der Waals surface area (Å²) < 4.78 is 4.94. The number of nitrogens with zero attached hydrogens (tertiary/aromatic N) is 1. The van der Waals surface area contributed by atoms with Crippen LogP contribution in [0.1, 0.15) is 11.1 Å².